The first kappa shape index (κ1) is 98.4. The van der Waals surface area contributed by atoms with E-state index in [4.69, 9.17) is 76.7 Å². The first-order valence-electron chi connectivity index (χ1n) is 37.7. The first-order valence-corrected chi connectivity index (χ1v) is 38.7. The predicted octanol–water partition coefficient (Wildman–Crippen LogP) is 21.6. The Morgan fingerprint density at radius 3 is 1.05 bits per heavy atom. The molecule has 0 heterocycles. The second kappa shape index (κ2) is 55.8. The minimum absolute atomic E-state index is 0.106. The van der Waals surface area contributed by atoms with Gasteiger partial charge in [0.15, 0.2) is 5.90 Å². The van der Waals surface area contributed by atoms with Crippen molar-refractivity contribution in [1.82, 2.24) is 0 Å². The highest BCUT2D eigenvalue weighted by Crippen LogP contribution is 2.32. The third-order valence-corrected chi connectivity index (χ3v) is 16.4. The van der Waals surface area contributed by atoms with Crippen LogP contribution in [0.2, 0.25) is 0 Å². The van der Waals surface area contributed by atoms with Crippen LogP contribution in [0.4, 0.5) is 0 Å². The molecule has 2 fully saturated rings. The lowest BCUT2D eigenvalue weighted by molar-refractivity contribution is -0.167. The Hall–Kier alpha value is -4.61. The molecule has 0 aliphatic heterocycles. The third kappa shape index (κ3) is 56.5. The van der Waals surface area contributed by atoms with Gasteiger partial charge in [-0.2, -0.15) is 0 Å². The molecule has 0 bridgehead atoms. The number of carboxylic acid groups (broad SMARTS) is 1. The molecule has 3 N–H and O–H groups in total. The molecule has 2 saturated carbocycles. The number of rotatable bonds is 33. The van der Waals surface area contributed by atoms with Crippen molar-refractivity contribution in [2.75, 3.05) is 45.0 Å². The highest BCUT2D eigenvalue weighted by atomic mass is 35.5. The monoisotopic (exact) mass is 1460 g/mol. The summed E-state index contributed by atoms with van der Waals surface area (Å²) in [4.78, 5) is 51.5. The maximum Gasteiger partial charge on any atom is 0.312 e. The topological polar surface area (TPSA) is 206 Å². The number of aliphatic carboxylic acids is 1. The van der Waals surface area contributed by atoms with Crippen molar-refractivity contribution in [2.24, 2.45) is 32.6 Å². The van der Waals surface area contributed by atoms with Crippen LogP contribution in [0.1, 0.15) is 296 Å². The largest absolute Gasteiger partial charge is 0.481 e. The van der Waals surface area contributed by atoms with Crippen molar-refractivity contribution in [3.8, 4) is 0 Å². The fraction of sp³-hybridized carbons (Fsp3) is 0.726. The number of alkyl halides is 2. The number of carbonyl (C=O) groups is 4. The fourth-order valence-corrected chi connectivity index (χ4v) is 10.4. The van der Waals surface area contributed by atoms with Crippen LogP contribution in [0.15, 0.2) is 96.0 Å². The molecule has 17 heteroatoms. The molecule has 101 heavy (non-hydrogen) atoms. The Bertz CT molecular complexity index is 2540. The maximum absolute atomic E-state index is 12.1. The zero-order valence-corrected chi connectivity index (χ0v) is 68.2. The second-order valence-electron chi connectivity index (χ2n) is 31.9. The Labute approximate surface area is 624 Å². The van der Waals surface area contributed by atoms with E-state index in [0.29, 0.717) is 45.5 Å². The first-order chi connectivity index (χ1) is 47.3. The van der Waals surface area contributed by atoms with E-state index in [0.717, 1.165) is 102 Å². The van der Waals surface area contributed by atoms with Crippen LogP contribution < -0.4 is 0 Å². The van der Waals surface area contributed by atoms with E-state index in [1.807, 2.05) is 157 Å². The van der Waals surface area contributed by atoms with Gasteiger partial charge in [-0.15, -0.1) is 23.2 Å². The summed E-state index contributed by atoms with van der Waals surface area (Å²) in [6.07, 6.45) is 25.0. The average Bonchev–Trinajstić information content (AvgIpc) is 0.897. The Morgan fingerprint density at radius 2 is 0.743 bits per heavy atom. The molecule has 0 saturated heterocycles. The summed E-state index contributed by atoms with van der Waals surface area (Å²) in [5.74, 6) is 0.751. The van der Waals surface area contributed by atoms with Crippen LogP contribution in [0.3, 0.4) is 0 Å². The molecule has 5 rings (SSSR count). The van der Waals surface area contributed by atoms with E-state index < -0.39 is 38.8 Å². The van der Waals surface area contributed by atoms with Gasteiger partial charge in [-0.1, -0.05) is 155 Å². The number of hydrogen-bond acceptors (Lipinski definition) is 14. The molecule has 0 spiro atoms. The molecular formula is C84H143Cl2NO14. The molecule has 582 valence electrons. The lowest BCUT2D eigenvalue weighted by atomic mass is 9.87. The highest BCUT2D eigenvalue weighted by Gasteiger charge is 2.34. The van der Waals surface area contributed by atoms with Gasteiger partial charge in [-0.25, -0.2) is 0 Å². The van der Waals surface area contributed by atoms with E-state index in [1.165, 1.54) is 80.9 Å². The van der Waals surface area contributed by atoms with Crippen LogP contribution in [-0.4, -0.2) is 113 Å². The SMILES string of the molecule is CC(C)(C)OC(=O)C(C)(C)CCCCO.CC(C)(C)OC(=O)C(C)(C)CCCCOCc1ccccc1.CC(C)(C)OC(CC1CCCCC1)=NC1CCCCC1.CC(C)(CCCCOCc1ccccc1)C(=O)O.CCO.CCOC(=O)C(C)(C)CCCCOCc1ccccc1.ClCCl. The van der Waals surface area contributed by atoms with Crippen molar-refractivity contribution in [2.45, 2.75) is 322 Å². The number of hydrogen-bond donors (Lipinski definition) is 3. The van der Waals surface area contributed by atoms with Crippen molar-refractivity contribution in [1.29, 1.82) is 0 Å². The minimum Gasteiger partial charge on any atom is -0.481 e. The number of ether oxygens (including phenoxy) is 7. The zero-order chi connectivity index (χ0) is 76.9. The number of carbonyl (C=O) groups excluding carboxylic acids is 3. The Morgan fingerprint density at radius 1 is 0.436 bits per heavy atom. The lowest BCUT2D eigenvalue weighted by Gasteiger charge is -2.28. The number of aliphatic hydroxyl groups excluding tert-OH is 2. The highest BCUT2D eigenvalue weighted by molar-refractivity contribution is 6.40. The maximum atomic E-state index is 12.1. The standard InChI is InChI=1S/C19H30O3.C18H33NO.C17H26O3.C15H22O3.C12H24O3.C2H6O.CH2Cl2/c1-18(2,3)22-17(20)19(4,5)13-9-10-14-21-15-16-11-7-6-8-12-16;1-18(2,3)20-17(14-15-10-6-4-7-11-15)19-16-12-8-5-9-13-16;1-4-20-16(18)17(2,3)12-8-9-13-19-14-15-10-6-5-7-11-15;1-15(2,14(16)17)10-6-7-11-18-12-13-8-4-3-5-9-13;1-11(2,3)15-10(14)12(4,5)8-6-7-9-13;1-2-3;2-1-3/h6-8,11-12H,9-10,13-15H2,1-5H3;15-16H,4-14H2,1-3H3;5-7,10-11H,4,8-9,12-14H2,1-3H3;3-5,8-9H,6-7,10-12H2,1-2H3,(H,16,17);13H,6-9H2,1-5H3;3H,2H2,1H3;1H2. The molecule has 0 amide bonds. The van der Waals surface area contributed by atoms with Gasteiger partial charge < -0.3 is 48.5 Å². The molecule has 3 aromatic carbocycles. The van der Waals surface area contributed by atoms with Crippen LogP contribution >= 0.6 is 23.2 Å². The van der Waals surface area contributed by atoms with Gasteiger partial charge in [-0.05, 0) is 231 Å². The van der Waals surface area contributed by atoms with E-state index in [2.05, 4.69) is 45.0 Å². The number of unbranched alkanes of at least 4 members (excludes halogenated alkanes) is 4. The molecule has 0 aromatic heterocycles. The van der Waals surface area contributed by atoms with Gasteiger partial charge in [-0.3, -0.25) is 24.2 Å². The smallest absolute Gasteiger partial charge is 0.312 e. The molecule has 0 unspecified atom stereocenters. The van der Waals surface area contributed by atoms with Gasteiger partial charge in [0.05, 0.1) is 59.5 Å². The van der Waals surface area contributed by atoms with Crippen molar-refractivity contribution >= 4 is 53.0 Å². The zero-order valence-electron chi connectivity index (χ0n) is 66.7. The number of halogens is 2. The summed E-state index contributed by atoms with van der Waals surface area (Å²) in [7, 11) is 0. The van der Waals surface area contributed by atoms with Crippen molar-refractivity contribution < 1.29 is 67.7 Å². The molecule has 2 aliphatic rings. The predicted molar refractivity (Wildman–Crippen MR) is 418 cm³/mol. The molecule has 15 nitrogen and oxygen atoms in total. The number of aliphatic imine (C=N–C) groups is 1. The van der Waals surface area contributed by atoms with Gasteiger partial charge in [0, 0.05) is 39.5 Å². The molecule has 2 aliphatic carbocycles. The Balaban J connectivity index is 0. The average molecular weight is 1460 g/mol. The van der Waals surface area contributed by atoms with Crippen LogP contribution in [0.25, 0.3) is 0 Å². The summed E-state index contributed by atoms with van der Waals surface area (Å²) in [6, 6.07) is 30.9. The van der Waals surface area contributed by atoms with Crippen LogP contribution in [0.5, 0.6) is 0 Å². The molecule has 3 aromatic rings. The second-order valence-corrected chi connectivity index (χ2v) is 32.7. The minimum atomic E-state index is -0.729. The molecule has 0 radical (unpaired) electrons. The van der Waals surface area contributed by atoms with Gasteiger partial charge in [0.25, 0.3) is 0 Å². The summed E-state index contributed by atoms with van der Waals surface area (Å²) < 4.78 is 38.9. The molecule has 0 atom stereocenters. The number of aliphatic hydroxyl groups is 2. The summed E-state index contributed by atoms with van der Waals surface area (Å²) in [5, 5.41) is 25.4. The fourth-order valence-electron chi connectivity index (χ4n) is 10.4. The van der Waals surface area contributed by atoms with Crippen LogP contribution in [-0.2, 0) is 72.2 Å². The van der Waals surface area contributed by atoms with Crippen molar-refractivity contribution in [3.63, 3.8) is 0 Å². The van der Waals surface area contributed by atoms with E-state index in [1.54, 1.807) is 20.8 Å². The number of esters is 3. The summed E-state index contributed by atoms with van der Waals surface area (Å²) in [6.45, 7) is 41.3. The summed E-state index contributed by atoms with van der Waals surface area (Å²) >= 11 is 9.53. The lowest BCUT2D eigenvalue weighted by Crippen LogP contribution is -2.33. The van der Waals surface area contributed by atoms with Gasteiger partial charge >= 0.3 is 23.9 Å². The number of carboxylic acids is 1. The van der Waals surface area contributed by atoms with Gasteiger partial charge in [0.2, 0.25) is 0 Å². The van der Waals surface area contributed by atoms with E-state index in [9.17, 15) is 19.2 Å². The van der Waals surface area contributed by atoms with Gasteiger partial charge in [0.1, 0.15) is 16.8 Å². The number of nitrogens with zero attached hydrogens (tertiary/aromatic N) is 1. The normalized spacial score (nSPS) is 13.9. The number of benzene rings is 3. The molecular weight excluding hydrogens is 1320 g/mol. The summed E-state index contributed by atoms with van der Waals surface area (Å²) in [5.41, 5.74) is 0.685. The van der Waals surface area contributed by atoms with E-state index >= 15 is 0 Å². The third-order valence-electron chi connectivity index (χ3n) is 16.4. The van der Waals surface area contributed by atoms with E-state index in [-0.39, 0.29) is 42.1 Å². The van der Waals surface area contributed by atoms with Crippen molar-refractivity contribution in [3.05, 3.63) is 108 Å². The quantitative estimate of drug-likeness (QED) is 0.0130. The van der Waals surface area contributed by atoms with Crippen LogP contribution in [0, 0.1) is 27.6 Å². The Kier molecular flexibility index (Phi) is 54.4.